The molecule has 1 atom stereocenters. The number of carbonyl (C=O) groups excluding carboxylic acids is 1. The number of hydrogen-bond donors (Lipinski definition) is 2. The van der Waals surface area contributed by atoms with E-state index in [-0.39, 0.29) is 12.5 Å². The highest BCUT2D eigenvalue weighted by atomic mass is 19.4. The molecule has 25 heavy (non-hydrogen) atoms. The fourth-order valence-electron chi connectivity index (χ4n) is 2.46. The SMILES string of the molecule is C[C@@H](NC(=O)Nc1ccccc1C(F)(F)F)c1ccc2c(c1)OCO2. The summed E-state index contributed by atoms with van der Waals surface area (Å²) in [6.45, 7) is 1.85. The van der Waals surface area contributed by atoms with E-state index in [1.807, 2.05) is 0 Å². The van der Waals surface area contributed by atoms with Crippen molar-refractivity contribution in [3.05, 3.63) is 53.6 Å². The molecule has 1 aliphatic rings. The molecule has 8 heteroatoms. The summed E-state index contributed by atoms with van der Waals surface area (Å²) in [6.07, 6.45) is -4.55. The summed E-state index contributed by atoms with van der Waals surface area (Å²) in [5.41, 5.74) is -0.463. The number of alkyl halides is 3. The number of amides is 2. The van der Waals surface area contributed by atoms with E-state index in [1.165, 1.54) is 18.2 Å². The zero-order chi connectivity index (χ0) is 18.0. The van der Waals surface area contributed by atoms with Gasteiger partial charge in [-0.15, -0.1) is 0 Å². The molecule has 2 aromatic rings. The van der Waals surface area contributed by atoms with Crippen molar-refractivity contribution >= 4 is 11.7 Å². The van der Waals surface area contributed by atoms with Crippen molar-refractivity contribution in [1.82, 2.24) is 5.32 Å². The van der Waals surface area contributed by atoms with Crippen molar-refractivity contribution < 1.29 is 27.4 Å². The molecule has 2 aromatic carbocycles. The van der Waals surface area contributed by atoms with E-state index in [4.69, 9.17) is 9.47 Å². The van der Waals surface area contributed by atoms with E-state index in [1.54, 1.807) is 25.1 Å². The van der Waals surface area contributed by atoms with Crippen LogP contribution < -0.4 is 20.1 Å². The van der Waals surface area contributed by atoms with Gasteiger partial charge in [0.25, 0.3) is 0 Å². The van der Waals surface area contributed by atoms with E-state index >= 15 is 0 Å². The molecule has 132 valence electrons. The molecular formula is C17H15F3N2O3. The van der Waals surface area contributed by atoms with Crippen molar-refractivity contribution in [2.75, 3.05) is 12.1 Å². The number of fused-ring (bicyclic) bond motifs is 1. The number of benzene rings is 2. The molecule has 0 spiro atoms. The standard InChI is InChI=1S/C17H15F3N2O3/c1-10(11-6-7-14-15(8-11)25-9-24-14)21-16(23)22-13-5-3-2-4-12(13)17(18,19)20/h2-8,10H,9H2,1H3,(H2,21,22,23)/t10-/m1/s1. The number of halogens is 3. The van der Waals surface area contributed by atoms with Crippen LogP contribution in [-0.2, 0) is 6.18 Å². The molecule has 1 heterocycles. The number of carbonyl (C=O) groups is 1. The first-order valence-corrected chi connectivity index (χ1v) is 7.48. The molecule has 2 amide bonds. The molecule has 0 aromatic heterocycles. The maximum atomic E-state index is 13.0. The van der Waals surface area contributed by atoms with Gasteiger partial charge in [-0.05, 0) is 36.8 Å². The van der Waals surface area contributed by atoms with Crippen molar-refractivity contribution in [3.63, 3.8) is 0 Å². The second-order valence-electron chi connectivity index (χ2n) is 5.48. The van der Waals surface area contributed by atoms with Gasteiger partial charge in [-0.1, -0.05) is 18.2 Å². The van der Waals surface area contributed by atoms with Gasteiger partial charge in [-0.25, -0.2) is 4.79 Å². The topological polar surface area (TPSA) is 59.6 Å². The summed E-state index contributed by atoms with van der Waals surface area (Å²) >= 11 is 0. The summed E-state index contributed by atoms with van der Waals surface area (Å²) in [5.74, 6) is 1.17. The van der Waals surface area contributed by atoms with Gasteiger partial charge in [0.05, 0.1) is 17.3 Å². The van der Waals surface area contributed by atoms with E-state index < -0.39 is 23.8 Å². The van der Waals surface area contributed by atoms with Gasteiger partial charge in [-0.3, -0.25) is 0 Å². The summed E-state index contributed by atoms with van der Waals surface area (Å²) < 4.78 is 49.3. The third-order valence-corrected chi connectivity index (χ3v) is 3.72. The van der Waals surface area contributed by atoms with E-state index in [0.29, 0.717) is 11.5 Å². The van der Waals surface area contributed by atoms with Crippen LogP contribution in [0.1, 0.15) is 24.1 Å². The first-order chi connectivity index (χ1) is 11.8. The Hall–Kier alpha value is -2.90. The predicted molar refractivity (Wildman–Crippen MR) is 84.6 cm³/mol. The second kappa shape index (κ2) is 6.54. The summed E-state index contributed by atoms with van der Waals surface area (Å²) in [4.78, 5) is 12.1. The Morgan fingerprint density at radius 3 is 2.60 bits per heavy atom. The highest BCUT2D eigenvalue weighted by Crippen LogP contribution is 2.35. The lowest BCUT2D eigenvalue weighted by Crippen LogP contribution is -2.31. The first kappa shape index (κ1) is 16.9. The normalized spacial score (nSPS) is 14.1. The lowest BCUT2D eigenvalue weighted by atomic mass is 10.1. The van der Waals surface area contributed by atoms with Gasteiger partial charge in [0, 0.05) is 0 Å². The van der Waals surface area contributed by atoms with Gasteiger partial charge in [0.15, 0.2) is 11.5 Å². The average molecular weight is 352 g/mol. The Morgan fingerprint density at radius 1 is 1.12 bits per heavy atom. The van der Waals surface area contributed by atoms with Crippen LogP contribution in [0.2, 0.25) is 0 Å². The lowest BCUT2D eigenvalue weighted by Gasteiger charge is -2.17. The zero-order valence-electron chi connectivity index (χ0n) is 13.2. The third kappa shape index (κ3) is 3.78. The van der Waals surface area contributed by atoms with Gasteiger partial charge >= 0.3 is 12.2 Å². The maximum absolute atomic E-state index is 13.0. The minimum absolute atomic E-state index is 0.134. The van der Waals surface area contributed by atoms with Crippen LogP contribution in [0.4, 0.5) is 23.7 Å². The Bertz CT molecular complexity index is 793. The molecule has 0 aliphatic carbocycles. The van der Waals surface area contributed by atoms with Gasteiger partial charge < -0.3 is 20.1 Å². The van der Waals surface area contributed by atoms with E-state index in [9.17, 15) is 18.0 Å². The minimum atomic E-state index is -4.55. The molecule has 5 nitrogen and oxygen atoms in total. The summed E-state index contributed by atoms with van der Waals surface area (Å²) in [5, 5.41) is 4.84. The highest BCUT2D eigenvalue weighted by Gasteiger charge is 2.33. The number of ether oxygens (including phenoxy) is 2. The number of para-hydroxylation sites is 1. The van der Waals surface area contributed by atoms with E-state index in [0.717, 1.165) is 11.6 Å². The molecule has 0 radical (unpaired) electrons. The zero-order valence-corrected chi connectivity index (χ0v) is 13.2. The molecule has 0 bridgehead atoms. The Morgan fingerprint density at radius 2 is 1.84 bits per heavy atom. The molecule has 2 N–H and O–H groups in total. The third-order valence-electron chi connectivity index (χ3n) is 3.72. The van der Waals surface area contributed by atoms with Crippen LogP contribution in [0.5, 0.6) is 11.5 Å². The number of hydrogen-bond acceptors (Lipinski definition) is 3. The molecule has 0 unspecified atom stereocenters. The average Bonchev–Trinajstić information content (AvgIpc) is 3.01. The fourth-order valence-corrected chi connectivity index (χ4v) is 2.46. The van der Waals surface area contributed by atoms with Crippen molar-refractivity contribution in [1.29, 1.82) is 0 Å². The highest BCUT2D eigenvalue weighted by molar-refractivity contribution is 5.90. The quantitative estimate of drug-likeness (QED) is 0.865. The number of nitrogens with one attached hydrogen (secondary N) is 2. The Balaban J connectivity index is 1.69. The molecule has 0 saturated heterocycles. The fraction of sp³-hybridized carbons (Fsp3) is 0.235. The van der Waals surface area contributed by atoms with Crippen LogP contribution in [-0.4, -0.2) is 12.8 Å². The monoisotopic (exact) mass is 352 g/mol. The number of anilines is 1. The lowest BCUT2D eigenvalue weighted by molar-refractivity contribution is -0.136. The number of rotatable bonds is 3. The summed E-state index contributed by atoms with van der Waals surface area (Å²) in [6, 6.07) is 8.82. The maximum Gasteiger partial charge on any atom is 0.418 e. The molecular weight excluding hydrogens is 337 g/mol. The largest absolute Gasteiger partial charge is 0.454 e. The first-order valence-electron chi connectivity index (χ1n) is 7.48. The van der Waals surface area contributed by atoms with Crippen molar-refractivity contribution in [2.24, 2.45) is 0 Å². The van der Waals surface area contributed by atoms with Crippen LogP contribution in [0.3, 0.4) is 0 Å². The minimum Gasteiger partial charge on any atom is -0.454 e. The van der Waals surface area contributed by atoms with Crippen LogP contribution in [0.25, 0.3) is 0 Å². The van der Waals surface area contributed by atoms with Crippen molar-refractivity contribution in [3.8, 4) is 11.5 Å². The van der Waals surface area contributed by atoms with Gasteiger partial charge in [0.2, 0.25) is 6.79 Å². The van der Waals surface area contributed by atoms with Gasteiger partial charge in [-0.2, -0.15) is 13.2 Å². The Kier molecular flexibility index (Phi) is 4.43. The molecule has 0 saturated carbocycles. The predicted octanol–water partition coefficient (Wildman–Crippen LogP) is 4.32. The summed E-state index contributed by atoms with van der Waals surface area (Å²) in [7, 11) is 0. The van der Waals surface area contributed by atoms with Crippen LogP contribution in [0.15, 0.2) is 42.5 Å². The smallest absolute Gasteiger partial charge is 0.418 e. The molecule has 1 aliphatic heterocycles. The second-order valence-corrected chi connectivity index (χ2v) is 5.48. The molecule has 3 rings (SSSR count). The number of urea groups is 1. The molecule has 0 fully saturated rings. The van der Waals surface area contributed by atoms with Crippen LogP contribution >= 0.6 is 0 Å². The van der Waals surface area contributed by atoms with Gasteiger partial charge in [0.1, 0.15) is 0 Å². The Labute approximate surface area is 141 Å². The van der Waals surface area contributed by atoms with E-state index in [2.05, 4.69) is 10.6 Å². The van der Waals surface area contributed by atoms with Crippen molar-refractivity contribution in [2.45, 2.75) is 19.1 Å². The van der Waals surface area contributed by atoms with Crippen LogP contribution in [0, 0.1) is 0 Å².